The largest absolute Gasteiger partial charge is 0.394 e. The minimum absolute atomic E-state index is 0.0115. The Morgan fingerprint density at radius 1 is 1.12 bits per heavy atom. The number of hydrogen-bond donors (Lipinski definition) is 2. The summed E-state index contributed by atoms with van der Waals surface area (Å²) < 4.78 is 10.8. The number of aliphatic hydroxyl groups is 2. The maximum absolute atomic E-state index is 9.69. The van der Waals surface area contributed by atoms with Crippen molar-refractivity contribution in [3.8, 4) is 0 Å². The first-order valence-electron chi connectivity index (χ1n) is 6.21. The monoisotopic (exact) mass is 236 g/mol. The first kappa shape index (κ1) is 13.4. The van der Waals surface area contributed by atoms with E-state index in [2.05, 4.69) is 0 Å². The Labute approximate surface area is 104 Å². The second kappa shape index (κ2) is 5.74. The predicted molar refractivity (Wildman–Crippen MR) is 63.9 cm³/mol. The molecule has 2 saturated heterocycles. The molecule has 4 radical (unpaired) electrons. The molecule has 2 fully saturated rings. The molecule has 6 atom stereocenters. The van der Waals surface area contributed by atoms with Crippen LogP contribution in [0.3, 0.4) is 0 Å². The van der Waals surface area contributed by atoms with Crippen molar-refractivity contribution in [2.75, 3.05) is 6.61 Å². The Morgan fingerprint density at radius 3 is 2.41 bits per heavy atom. The average Bonchev–Trinajstić information content (AvgIpc) is 2.79. The second-order valence-corrected chi connectivity index (χ2v) is 4.99. The lowest BCUT2D eigenvalue weighted by atomic mass is 9.82. The van der Waals surface area contributed by atoms with Crippen LogP contribution in [0.1, 0.15) is 25.7 Å². The van der Waals surface area contributed by atoms with Crippen LogP contribution in [0.2, 0.25) is 0 Å². The summed E-state index contributed by atoms with van der Waals surface area (Å²) in [7, 11) is 11.4. The van der Waals surface area contributed by atoms with Gasteiger partial charge in [-0.15, -0.1) is 0 Å². The number of aliphatic hydroxyl groups excluding tert-OH is 2. The molecule has 0 spiro atoms. The van der Waals surface area contributed by atoms with E-state index in [1.54, 1.807) is 0 Å². The fourth-order valence-corrected chi connectivity index (χ4v) is 2.66. The van der Waals surface area contributed by atoms with Crippen molar-refractivity contribution in [3.05, 3.63) is 0 Å². The van der Waals surface area contributed by atoms with Crippen LogP contribution in [0.5, 0.6) is 0 Å². The third-order valence-electron chi connectivity index (χ3n) is 3.66. The first-order valence-corrected chi connectivity index (χ1v) is 6.21. The molecule has 0 saturated carbocycles. The van der Waals surface area contributed by atoms with E-state index in [0.717, 1.165) is 19.3 Å². The van der Waals surface area contributed by atoms with Crippen molar-refractivity contribution in [3.63, 3.8) is 0 Å². The van der Waals surface area contributed by atoms with Gasteiger partial charge in [0.1, 0.15) is 15.7 Å². The standard InChI is InChI=1S/C11H18B2O4/c12-10-4-8(15)9(17-10)2-1-6-3-7(5-14)16-11(6)13/h6-11,14-15H,1-5H2. The smallest absolute Gasteiger partial charge is 0.109 e. The van der Waals surface area contributed by atoms with E-state index in [4.69, 9.17) is 30.3 Å². The molecule has 0 aliphatic carbocycles. The molecule has 0 aromatic heterocycles. The van der Waals surface area contributed by atoms with E-state index in [-0.39, 0.29) is 36.7 Å². The van der Waals surface area contributed by atoms with Crippen molar-refractivity contribution < 1.29 is 19.7 Å². The lowest BCUT2D eigenvalue weighted by Crippen LogP contribution is -2.24. The Hall–Kier alpha value is -0.0301. The molecule has 0 bridgehead atoms. The molecule has 2 N–H and O–H groups in total. The van der Waals surface area contributed by atoms with Crippen LogP contribution in [0.4, 0.5) is 0 Å². The van der Waals surface area contributed by atoms with Gasteiger partial charge in [-0.1, -0.05) is 0 Å². The van der Waals surface area contributed by atoms with Gasteiger partial charge < -0.3 is 19.7 Å². The lowest BCUT2D eigenvalue weighted by Gasteiger charge is -2.19. The molecule has 2 rings (SSSR count). The third kappa shape index (κ3) is 3.25. The van der Waals surface area contributed by atoms with Gasteiger partial charge in [0.25, 0.3) is 0 Å². The molecular weight excluding hydrogens is 218 g/mol. The quantitative estimate of drug-likeness (QED) is 0.634. The number of hydrogen-bond acceptors (Lipinski definition) is 4. The van der Waals surface area contributed by atoms with Crippen LogP contribution in [-0.2, 0) is 9.47 Å². The van der Waals surface area contributed by atoms with Crippen LogP contribution in [0, 0.1) is 5.92 Å². The van der Waals surface area contributed by atoms with Gasteiger partial charge in [0.05, 0.1) is 24.9 Å². The topological polar surface area (TPSA) is 58.9 Å². The Morgan fingerprint density at radius 2 is 1.88 bits per heavy atom. The summed E-state index contributed by atoms with van der Waals surface area (Å²) in [5, 5.41) is 18.7. The predicted octanol–water partition coefficient (Wildman–Crippen LogP) is -0.697. The van der Waals surface area contributed by atoms with Crippen molar-refractivity contribution in [1.29, 1.82) is 0 Å². The molecule has 2 aliphatic rings. The van der Waals surface area contributed by atoms with Crippen molar-refractivity contribution in [2.24, 2.45) is 5.92 Å². The van der Waals surface area contributed by atoms with Gasteiger partial charge in [0.15, 0.2) is 0 Å². The molecule has 17 heavy (non-hydrogen) atoms. The molecular formula is C11H18B2O4. The minimum Gasteiger partial charge on any atom is -0.394 e. The van der Waals surface area contributed by atoms with Crippen LogP contribution in [0.25, 0.3) is 0 Å². The maximum atomic E-state index is 9.69. The van der Waals surface area contributed by atoms with Crippen molar-refractivity contribution in [1.82, 2.24) is 0 Å². The molecule has 0 aromatic rings. The zero-order valence-corrected chi connectivity index (χ0v) is 9.87. The summed E-state index contributed by atoms with van der Waals surface area (Å²) in [4.78, 5) is 0. The van der Waals surface area contributed by atoms with E-state index < -0.39 is 6.10 Å². The normalized spacial score (nSPS) is 46.5. The van der Waals surface area contributed by atoms with Gasteiger partial charge in [0, 0.05) is 12.0 Å². The van der Waals surface area contributed by atoms with E-state index >= 15 is 0 Å². The fourth-order valence-electron chi connectivity index (χ4n) is 2.66. The average molecular weight is 236 g/mol. The number of ether oxygens (including phenoxy) is 2. The lowest BCUT2D eigenvalue weighted by molar-refractivity contribution is 0.0198. The second-order valence-electron chi connectivity index (χ2n) is 4.99. The third-order valence-corrected chi connectivity index (χ3v) is 3.66. The number of rotatable bonds is 4. The molecule has 6 heteroatoms. The van der Waals surface area contributed by atoms with Gasteiger partial charge in [0.2, 0.25) is 0 Å². The van der Waals surface area contributed by atoms with Crippen molar-refractivity contribution in [2.45, 2.75) is 56.0 Å². The van der Waals surface area contributed by atoms with Crippen LogP contribution in [0.15, 0.2) is 0 Å². The first-order chi connectivity index (χ1) is 8.10. The Bertz CT molecular complexity index is 254. The Kier molecular flexibility index (Phi) is 4.53. The van der Waals surface area contributed by atoms with Crippen molar-refractivity contribution >= 4 is 15.7 Å². The zero-order valence-electron chi connectivity index (χ0n) is 9.87. The summed E-state index contributed by atoms with van der Waals surface area (Å²) in [6, 6.07) is -0.673. The van der Waals surface area contributed by atoms with Crippen LogP contribution in [-0.4, -0.2) is 62.8 Å². The summed E-state index contributed by atoms with van der Waals surface area (Å²) in [5.41, 5.74) is 0. The highest BCUT2D eigenvalue weighted by atomic mass is 16.5. The molecule has 0 amide bonds. The molecule has 2 aliphatic heterocycles. The Balaban J connectivity index is 1.75. The van der Waals surface area contributed by atoms with Gasteiger partial charge in [-0.25, -0.2) is 0 Å². The highest BCUT2D eigenvalue weighted by Gasteiger charge is 2.35. The van der Waals surface area contributed by atoms with Gasteiger partial charge in [-0.05, 0) is 31.6 Å². The van der Waals surface area contributed by atoms with Crippen LogP contribution < -0.4 is 0 Å². The van der Waals surface area contributed by atoms with Gasteiger partial charge in [-0.3, -0.25) is 0 Å². The van der Waals surface area contributed by atoms with E-state index in [1.807, 2.05) is 0 Å². The zero-order chi connectivity index (χ0) is 12.4. The SMILES string of the molecule is [B]C1CC(O)C(CCC2CC(CO)OC2[B])O1. The highest BCUT2D eigenvalue weighted by Crippen LogP contribution is 2.31. The maximum Gasteiger partial charge on any atom is 0.109 e. The van der Waals surface area contributed by atoms with E-state index in [1.165, 1.54) is 0 Å². The summed E-state index contributed by atoms with van der Waals surface area (Å²) >= 11 is 0. The van der Waals surface area contributed by atoms with Gasteiger partial charge in [-0.2, -0.15) is 0 Å². The fraction of sp³-hybridized carbons (Fsp3) is 1.00. The highest BCUT2D eigenvalue weighted by molar-refractivity contribution is 6.11. The summed E-state index contributed by atoms with van der Waals surface area (Å²) in [5.74, 6) is 0.222. The summed E-state index contributed by atoms with van der Waals surface area (Å²) in [6.45, 7) is 0.0115. The molecule has 2 heterocycles. The van der Waals surface area contributed by atoms with Crippen LogP contribution >= 0.6 is 0 Å². The summed E-state index contributed by atoms with van der Waals surface area (Å²) in [6.07, 6.45) is 2.01. The molecule has 4 nitrogen and oxygen atoms in total. The van der Waals surface area contributed by atoms with Gasteiger partial charge >= 0.3 is 0 Å². The van der Waals surface area contributed by atoms with E-state index in [0.29, 0.717) is 6.42 Å². The van der Waals surface area contributed by atoms with E-state index in [9.17, 15) is 5.11 Å². The molecule has 0 aromatic carbocycles. The minimum atomic E-state index is -0.475. The molecule has 6 unspecified atom stereocenters. The molecule has 92 valence electrons.